The first kappa shape index (κ1) is 13.3. The number of halogens is 1. The lowest BCUT2D eigenvalue weighted by molar-refractivity contribution is 0.684. The molecule has 0 radical (unpaired) electrons. The van der Waals surface area contributed by atoms with E-state index in [9.17, 15) is 0 Å². The highest BCUT2D eigenvalue weighted by Crippen LogP contribution is 2.10. The molecule has 1 rings (SSSR count). The highest BCUT2D eigenvalue weighted by atomic mass is 79.9. The molecule has 0 saturated heterocycles. The summed E-state index contributed by atoms with van der Waals surface area (Å²) in [7, 11) is 2.12. The average Bonchev–Trinajstić information content (AvgIpc) is 2.29. The minimum Gasteiger partial charge on any atom is -0.375 e. The molecule has 0 unspecified atom stereocenters. The Balaban J connectivity index is 2.16. The van der Waals surface area contributed by atoms with E-state index in [1.165, 1.54) is 5.69 Å². The van der Waals surface area contributed by atoms with Gasteiger partial charge in [0, 0.05) is 30.3 Å². The number of nitrogens with zero attached hydrogens (tertiary/aromatic N) is 1. The third-order valence-corrected chi connectivity index (χ3v) is 2.64. The van der Waals surface area contributed by atoms with E-state index in [2.05, 4.69) is 64.0 Å². The topological polar surface area (TPSA) is 15.3 Å². The van der Waals surface area contributed by atoms with Crippen LogP contribution in [-0.2, 0) is 0 Å². The van der Waals surface area contributed by atoms with Crippen molar-refractivity contribution in [2.75, 3.05) is 31.6 Å². The second-order valence-electron chi connectivity index (χ2n) is 3.80. The molecule has 0 atom stereocenters. The highest BCUT2D eigenvalue weighted by Gasteiger charge is 1.98. The molecule has 0 bridgehead atoms. The van der Waals surface area contributed by atoms with Crippen molar-refractivity contribution in [3.8, 4) is 0 Å². The summed E-state index contributed by atoms with van der Waals surface area (Å²) >= 11 is 3.32. The molecular weight excluding hydrogens is 264 g/mol. The summed E-state index contributed by atoms with van der Waals surface area (Å²) in [6.45, 7) is 6.70. The number of hydrogen-bond donors (Lipinski definition) is 1. The van der Waals surface area contributed by atoms with Crippen LogP contribution in [-0.4, -0.2) is 26.7 Å². The number of para-hydroxylation sites is 1. The van der Waals surface area contributed by atoms with E-state index in [0.29, 0.717) is 0 Å². The molecule has 0 fully saturated rings. The van der Waals surface area contributed by atoms with Crippen LogP contribution in [0.3, 0.4) is 0 Å². The zero-order valence-corrected chi connectivity index (χ0v) is 11.3. The van der Waals surface area contributed by atoms with Crippen molar-refractivity contribution < 1.29 is 0 Å². The monoisotopic (exact) mass is 282 g/mol. The second kappa shape index (κ2) is 7.47. The Hall–Kier alpha value is -0.800. The number of rotatable bonds is 7. The van der Waals surface area contributed by atoms with Crippen LogP contribution in [0.2, 0.25) is 0 Å². The molecule has 0 spiro atoms. The predicted octanol–water partition coefficient (Wildman–Crippen LogP) is 3.01. The lowest BCUT2D eigenvalue weighted by atomic mass is 10.3. The number of hydrogen-bond acceptors (Lipinski definition) is 2. The lowest BCUT2D eigenvalue weighted by Crippen LogP contribution is -2.24. The maximum Gasteiger partial charge on any atom is 0.0363 e. The van der Waals surface area contributed by atoms with E-state index >= 15 is 0 Å². The molecule has 1 N–H and O–H groups in total. The molecule has 0 aliphatic rings. The van der Waals surface area contributed by atoms with Crippen LogP contribution in [0.5, 0.6) is 0 Å². The molecule has 0 saturated carbocycles. The Kier molecular flexibility index (Phi) is 6.19. The van der Waals surface area contributed by atoms with Gasteiger partial charge < -0.3 is 10.2 Å². The van der Waals surface area contributed by atoms with E-state index in [4.69, 9.17) is 0 Å². The number of benzene rings is 1. The van der Waals surface area contributed by atoms with Crippen LogP contribution >= 0.6 is 15.9 Å². The molecular formula is C13H19BrN2. The van der Waals surface area contributed by atoms with Gasteiger partial charge in [-0.1, -0.05) is 40.7 Å². The first-order chi connectivity index (χ1) is 7.70. The van der Waals surface area contributed by atoms with E-state index in [1.807, 2.05) is 6.07 Å². The van der Waals surface area contributed by atoms with Gasteiger partial charge in [0.15, 0.2) is 0 Å². The Bertz CT molecular complexity index is 311. The van der Waals surface area contributed by atoms with Crippen molar-refractivity contribution in [2.24, 2.45) is 0 Å². The van der Waals surface area contributed by atoms with Crippen molar-refractivity contribution >= 4 is 21.6 Å². The quantitative estimate of drug-likeness (QED) is 0.774. The zero-order valence-electron chi connectivity index (χ0n) is 9.75. The maximum absolute atomic E-state index is 3.78. The van der Waals surface area contributed by atoms with Gasteiger partial charge in [0.25, 0.3) is 0 Å². The zero-order chi connectivity index (χ0) is 11.8. The molecule has 0 aromatic heterocycles. The Morgan fingerprint density at radius 1 is 1.38 bits per heavy atom. The first-order valence-corrected chi connectivity index (χ1v) is 6.29. The van der Waals surface area contributed by atoms with Crippen LogP contribution < -0.4 is 10.2 Å². The van der Waals surface area contributed by atoms with E-state index < -0.39 is 0 Å². The van der Waals surface area contributed by atoms with Crippen LogP contribution in [0.4, 0.5) is 5.69 Å². The average molecular weight is 283 g/mol. The molecule has 2 nitrogen and oxygen atoms in total. The fourth-order valence-electron chi connectivity index (χ4n) is 1.48. The minimum absolute atomic E-state index is 0.842. The smallest absolute Gasteiger partial charge is 0.0363 e. The fourth-order valence-corrected chi connectivity index (χ4v) is 1.68. The van der Waals surface area contributed by atoms with Gasteiger partial charge in [-0.25, -0.2) is 0 Å². The largest absolute Gasteiger partial charge is 0.375 e. The lowest BCUT2D eigenvalue weighted by Gasteiger charge is -2.19. The Labute approximate surface area is 106 Å². The molecule has 0 heterocycles. The van der Waals surface area contributed by atoms with Crippen LogP contribution in [0.1, 0.15) is 6.42 Å². The van der Waals surface area contributed by atoms with Gasteiger partial charge in [0.2, 0.25) is 0 Å². The summed E-state index contributed by atoms with van der Waals surface area (Å²) in [6, 6.07) is 10.4. The van der Waals surface area contributed by atoms with Gasteiger partial charge in [-0.3, -0.25) is 0 Å². The maximum atomic E-state index is 3.78. The molecule has 88 valence electrons. The van der Waals surface area contributed by atoms with Gasteiger partial charge in [-0.2, -0.15) is 0 Å². The summed E-state index contributed by atoms with van der Waals surface area (Å²) in [6.07, 6.45) is 1.13. The third kappa shape index (κ3) is 5.33. The summed E-state index contributed by atoms with van der Waals surface area (Å²) < 4.78 is 1.00. The third-order valence-electron chi connectivity index (χ3n) is 2.36. The standard InChI is InChI=1S/C13H19BrN2/c1-12(14)11-15-9-6-10-16(2)13-7-4-3-5-8-13/h3-5,7-8,15H,1,6,9-11H2,2H3. The van der Waals surface area contributed by atoms with Crippen LogP contribution in [0, 0.1) is 0 Å². The van der Waals surface area contributed by atoms with E-state index in [0.717, 1.165) is 30.5 Å². The molecule has 1 aromatic rings. The van der Waals surface area contributed by atoms with Gasteiger partial charge in [0.05, 0.1) is 0 Å². The Morgan fingerprint density at radius 2 is 2.06 bits per heavy atom. The summed E-state index contributed by atoms with van der Waals surface area (Å²) in [4.78, 5) is 2.27. The molecule has 0 aliphatic carbocycles. The van der Waals surface area contributed by atoms with Crippen molar-refractivity contribution in [1.29, 1.82) is 0 Å². The molecule has 3 heteroatoms. The molecule has 0 amide bonds. The van der Waals surface area contributed by atoms with Crippen molar-refractivity contribution in [1.82, 2.24) is 5.32 Å². The number of anilines is 1. The van der Waals surface area contributed by atoms with Crippen molar-refractivity contribution in [2.45, 2.75) is 6.42 Å². The highest BCUT2D eigenvalue weighted by molar-refractivity contribution is 9.11. The summed E-state index contributed by atoms with van der Waals surface area (Å²) in [5.41, 5.74) is 1.27. The van der Waals surface area contributed by atoms with Crippen LogP contribution in [0.15, 0.2) is 41.4 Å². The Morgan fingerprint density at radius 3 is 2.69 bits per heavy atom. The summed E-state index contributed by atoms with van der Waals surface area (Å²) in [5.74, 6) is 0. The van der Waals surface area contributed by atoms with E-state index in [-0.39, 0.29) is 0 Å². The second-order valence-corrected chi connectivity index (χ2v) is 4.93. The number of nitrogens with one attached hydrogen (secondary N) is 1. The molecule has 0 aliphatic heterocycles. The fraction of sp³-hybridized carbons (Fsp3) is 0.385. The van der Waals surface area contributed by atoms with E-state index in [1.54, 1.807) is 0 Å². The SMILES string of the molecule is C=C(Br)CNCCCN(C)c1ccccc1. The first-order valence-electron chi connectivity index (χ1n) is 5.50. The van der Waals surface area contributed by atoms with Crippen molar-refractivity contribution in [3.05, 3.63) is 41.4 Å². The minimum atomic E-state index is 0.842. The van der Waals surface area contributed by atoms with Gasteiger partial charge in [-0.15, -0.1) is 0 Å². The van der Waals surface area contributed by atoms with Gasteiger partial charge >= 0.3 is 0 Å². The predicted molar refractivity (Wildman–Crippen MR) is 75.3 cm³/mol. The van der Waals surface area contributed by atoms with Crippen molar-refractivity contribution in [3.63, 3.8) is 0 Å². The normalized spacial score (nSPS) is 10.1. The molecule has 1 aromatic carbocycles. The van der Waals surface area contributed by atoms with Gasteiger partial charge in [0.1, 0.15) is 0 Å². The van der Waals surface area contributed by atoms with Gasteiger partial charge in [-0.05, 0) is 25.1 Å². The van der Waals surface area contributed by atoms with Crippen LogP contribution in [0.25, 0.3) is 0 Å². The molecule has 16 heavy (non-hydrogen) atoms. The summed E-state index contributed by atoms with van der Waals surface area (Å²) in [5, 5.41) is 3.32.